The largest absolute Gasteiger partial charge is 0.493 e. The zero-order valence-electron chi connectivity index (χ0n) is 11.9. The van der Waals surface area contributed by atoms with E-state index in [1.807, 2.05) is 36.4 Å². The van der Waals surface area contributed by atoms with Gasteiger partial charge in [0.05, 0.1) is 14.2 Å². The molecule has 1 heterocycles. The highest BCUT2D eigenvalue weighted by Gasteiger charge is 2.11. The van der Waals surface area contributed by atoms with Gasteiger partial charge in [0.2, 0.25) is 0 Å². The Morgan fingerprint density at radius 3 is 2.55 bits per heavy atom. The number of ether oxygens (including phenoxy) is 2. The average Bonchev–Trinajstić information content (AvgIpc) is 2.52. The van der Waals surface area contributed by atoms with Crippen molar-refractivity contribution in [2.75, 3.05) is 14.2 Å². The number of methoxy groups -OCH3 is 2. The highest BCUT2D eigenvalue weighted by Crippen LogP contribution is 2.30. The maximum absolute atomic E-state index is 6.23. The molecule has 2 rings (SSSR count). The third-order valence-electron chi connectivity index (χ3n) is 3.27. The third kappa shape index (κ3) is 3.48. The van der Waals surface area contributed by atoms with Crippen LogP contribution in [0.25, 0.3) is 0 Å². The van der Waals surface area contributed by atoms with Crippen molar-refractivity contribution in [3.8, 4) is 11.5 Å². The summed E-state index contributed by atoms with van der Waals surface area (Å²) >= 11 is 0. The highest BCUT2D eigenvalue weighted by atomic mass is 16.5. The fourth-order valence-electron chi connectivity index (χ4n) is 2.10. The molecule has 20 heavy (non-hydrogen) atoms. The lowest BCUT2D eigenvalue weighted by Crippen LogP contribution is -2.12. The predicted molar refractivity (Wildman–Crippen MR) is 79.0 cm³/mol. The summed E-state index contributed by atoms with van der Waals surface area (Å²) in [7, 11) is 3.25. The summed E-state index contributed by atoms with van der Waals surface area (Å²) < 4.78 is 10.5. The minimum Gasteiger partial charge on any atom is -0.493 e. The number of nitrogens with zero attached hydrogens (tertiary/aromatic N) is 1. The van der Waals surface area contributed by atoms with Gasteiger partial charge in [-0.1, -0.05) is 12.1 Å². The molecule has 0 saturated carbocycles. The molecule has 2 aromatic rings. The van der Waals surface area contributed by atoms with Gasteiger partial charge >= 0.3 is 0 Å². The van der Waals surface area contributed by atoms with Gasteiger partial charge < -0.3 is 15.2 Å². The molecule has 2 N–H and O–H groups in total. The maximum Gasteiger partial charge on any atom is 0.161 e. The van der Waals surface area contributed by atoms with Crippen LogP contribution in [0.2, 0.25) is 0 Å². The summed E-state index contributed by atoms with van der Waals surface area (Å²) in [6.07, 6.45) is 3.50. The van der Waals surface area contributed by atoms with Crippen LogP contribution in [-0.2, 0) is 6.42 Å². The molecule has 0 aliphatic rings. The van der Waals surface area contributed by atoms with E-state index < -0.39 is 0 Å². The van der Waals surface area contributed by atoms with Crippen molar-refractivity contribution in [2.24, 2.45) is 5.73 Å². The maximum atomic E-state index is 6.23. The number of pyridine rings is 1. The second-order valence-electron chi connectivity index (χ2n) is 4.58. The monoisotopic (exact) mass is 272 g/mol. The minimum absolute atomic E-state index is 0.0446. The molecule has 1 aromatic heterocycles. The van der Waals surface area contributed by atoms with E-state index in [-0.39, 0.29) is 6.04 Å². The first-order valence-corrected chi connectivity index (χ1v) is 6.62. The summed E-state index contributed by atoms with van der Waals surface area (Å²) in [4.78, 5) is 4.31. The lowest BCUT2D eigenvalue weighted by molar-refractivity contribution is 0.354. The molecule has 0 fully saturated rings. The van der Waals surface area contributed by atoms with Gasteiger partial charge in [0.15, 0.2) is 11.5 Å². The Labute approximate surface area is 119 Å². The molecular formula is C16H20N2O2. The van der Waals surface area contributed by atoms with Gasteiger partial charge in [-0.15, -0.1) is 0 Å². The number of hydrogen-bond acceptors (Lipinski definition) is 4. The molecule has 4 nitrogen and oxygen atoms in total. The van der Waals surface area contributed by atoms with Gasteiger partial charge in [-0.2, -0.15) is 0 Å². The Bertz CT molecular complexity index is 543. The number of nitrogens with two attached hydrogens (primary N) is 1. The fourth-order valence-corrected chi connectivity index (χ4v) is 2.10. The van der Waals surface area contributed by atoms with Crippen molar-refractivity contribution in [3.63, 3.8) is 0 Å². The molecular weight excluding hydrogens is 252 g/mol. The van der Waals surface area contributed by atoms with Crippen molar-refractivity contribution >= 4 is 0 Å². The normalized spacial score (nSPS) is 11.9. The molecule has 0 bridgehead atoms. The lowest BCUT2D eigenvalue weighted by atomic mass is 10.0. The molecule has 4 heteroatoms. The van der Waals surface area contributed by atoms with E-state index in [4.69, 9.17) is 15.2 Å². The summed E-state index contributed by atoms with van der Waals surface area (Å²) in [5.74, 6) is 1.42. The van der Waals surface area contributed by atoms with E-state index in [0.29, 0.717) is 11.5 Å². The summed E-state index contributed by atoms with van der Waals surface area (Å²) in [5.41, 5.74) is 8.33. The van der Waals surface area contributed by atoms with Gasteiger partial charge in [-0.25, -0.2) is 0 Å². The van der Waals surface area contributed by atoms with E-state index in [1.165, 1.54) is 0 Å². The first-order valence-electron chi connectivity index (χ1n) is 6.62. The molecule has 0 radical (unpaired) electrons. The number of aryl methyl sites for hydroxylation is 1. The van der Waals surface area contributed by atoms with Crippen LogP contribution in [0.5, 0.6) is 11.5 Å². The van der Waals surface area contributed by atoms with Crippen LogP contribution in [0, 0.1) is 0 Å². The lowest BCUT2D eigenvalue weighted by Gasteiger charge is -2.14. The van der Waals surface area contributed by atoms with Crippen LogP contribution < -0.4 is 15.2 Å². The zero-order chi connectivity index (χ0) is 14.4. The van der Waals surface area contributed by atoms with Crippen LogP contribution in [0.1, 0.15) is 23.7 Å². The molecule has 0 aliphatic heterocycles. The number of benzene rings is 1. The van der Waals surface area contributed by atoms with E-state index in [2.05, 4.69) is 4.98 Å². The van der Waals surface area contributed by atoms with Crippen molar-refractivity contribution in [2.45, 2.75) is 18.9 Å². The highest BCUT2D eigenvalue weighted by molar-refractivity contribution is 5.43. The fraction of sp³-hybridized carbons (Fsp3) is 0.312. The molecule has 1 unspecified atom stereocenters. The number of hydrogen-bond donors (Lipinski definition) is 1. The van der Waals surface area contributed by atoms with Crippen LogP contribution in [-0.4, -0.2) is 19.2 Å². The average molecular weight is 272 g/mol. The number of rotatable bonds is 6. The topological polar surface area (TPSA) is 57.4 Å². The van der Waals surface area contributed by atoms with Gasteiger partial charge in [-0.3, -0.25) is 4.98 Å². The van der Waals surface area contributed by atoms with Crippen molar-refractivity contribution in [1.29, 1.82) is 0 Å². The van der Waals surface area contributed by atoms with Gasteiger partial charge in [0.25, 0.3) is 0 Å². The molecule has 1 atom stereocenters. The van der Waals surface area contributed by atoms with Crippen molar-refractivity contribution in [1.82, 2.24) is 4.98 Å². The quantitative estimate of drug-likeness (QED) is 0.878. The van der Waals surface area contributed by atoms with Crippen molar-refractivity contribution in [3.05, 3.63) is 53.9 Å². The zero-order valence-corrected chi connectivity index (χ0v) is 11.9. The first-order chi connectivity index (χ1) is 9.74. The molecule has 0 amide bonds. The van der Waals surface area contributed by atoms with Crippen LogP contribution in [0.15, 0.2) is 42.6 Å². The Morgan fingerprint density at radius 1 is 1.10 bits per heavy atom. The SMILES string of the molecule is COc1ccc(C(N)CCc2ccccn2)cc1OC. The summed E-state index contributed by atoms with van der Waals surface area (Å²) in [6, 6.07) is 11.7. The molecule has 0 spiro atoms. The summed E-state index contributed by atoms with van der Waals surface area (Å²) in [5, 5.41) is 0. The Balaban J connectivity index is 2.03. The second-order valence-corrected chi connectivity index (χ2v) is 4.58. The standard InChI is InChI=1S/C16H20N2O2/c1-19-15-9-6-12(11-16(15)20-2)14(17)8-7-13-5-3-4-10-18-13/h3-6,9-11,14H,7-8,17H2,1-2H3. The van der Waals surface area contributed by atoms with Crippen LogP contribution in [0.4, 0.5) is 0 Å². The Kier molecular flexibility index (Phi) is 4.96. The van der Waals surface area contributed by atoms with E-state index >= 15 is 0 Å². The Morgan fingerprint density at radius 2 is 1.90 bits per heavy atom. The van der Waals surface area contributed by atoms with E-state index in [0.717, 1.165) is 24.1 Å². The third-order valence-corrected chi connectivity index (χ3v) is 3.27. The van der Waals surface area contributed by atoms with E-state index in [1.54, 1.807) is 20.4 Å². The van der Waals surface area contributed by atoms with Gasteiger partial charge in [-0.05, 0) is 42.7 Å². The molecule has 1 aromatic carbocycles. The van der Waals surface area contributed by atoms with Crippen LogP contribution in [0.3, 0.4) is 0 Å². The van der Waals surface area contributed by atoms with Gasteiger partial charge in [0.1, 0.15) is 0 Å². The molecule has 0 saturated heterocycles. The second kappa shape index (κ2) is 6.91. The molecule has 106 valence electrons. The van der Waals surface area contributed by atoms with Crippen LogP contribution >= 0.6 is 0 Å². The summed E-state index contributed by atoms with van der Waals surface area (Å²) in [6.45, 7) is 0. The smallest absolute Gasteiger partial charge is 0.161 e. The Hall–Kier alpha value is -2.07. The van der Waals surface area contributed by atoms with Gasteiger partial charge in [0, 0.05) is 17.9 Å². The van der Waals surface area contributed by atoms with E-state index in [9.17, 15) is 0 Å². The number of aromatic nitrogens is 1. The minimum atomic E-state index is -0.0446. The first kappa shape index (κ1) is 14.3. The molecule has 0 aliphatic carbocycles. The van der Waals surface area contributed by atoms with Crippen molar-refractivity contribution < 1.29 is 9.47 Å². The predicted octanol–water partition coefficient (Wildman–Crippen LogP) is 2.73.